The molecule has 1 saturated carbocycles. The molecule has 2 fully saturated rings. The standard InChI is InChI=1S/C15H29N3O/c1-15(2,3)13-10-18(14(19)17(13)5)12-8-6-11(16-4)7-9-12/h11-13,16H,6-10H2,1-5H3. The molecule has 2 aliphatic rings. The average molecular weight is 267 g/mol. The van der Waals surface area contributed by atoms with Crippen LogP contribution < -0.4 is 5.32 Å². The maximum atomic E-state index is 12.4. The maximum absolute atomic E-state index is 12.4. The molecule has 0 bridgehead atoms. The molecule has 1 atom stereocenters. The molecule has 0 aromatic rings. The van der Waals surface area contributed by atoms with E-state index in [2.05, 4.69) is 31.0 Å². The van der Waals surface area contributed by atoms with Crippen LogP contribution in [0.5, 0.6) is 0 Å². The van der Waals surface area contributed by atoms with Crippen LogP contribution in [0, 0.1) is 5.41 Å². The Hall–Kier alpha value is -0.770. The van der Waals surface area contributed by atoms with E-state index in [0.717, 1.165) is 19.4 Å². The van der Waals surface area contributed by atoms with Gasteiger partial charge in [-0.25, -0.2) is 4.79 Å². The highest BCUT2D eigenvalue weighted by Crippen LogP contribution is 2.33. The number of rotatable bonds is 2. The van der Waals surface area contributed by atoms with Gasteiger partial charge < -0.3 is 15.1 Å². The van der Waals surface area contributed by atoms with Crippen molar-refractivity contribution in [2.75, 3.05) is 20.6 Å². The van der Waals surface area contributed by atoms with Crippen molar-refractivity contribution in [3.05, 3.63) is 0 Å². The number of hydrogen-bond donors (Lipinski definition) is 1. The Morgan fingerprint density at radius 1 is 1.16 bits per heavy atom. The number of likely N-dealkylation sites (N-methyl/N-ethyl adjacent to an activating group) is 1. The van der Waals surface area contributed by atoms with E-state index in [1.807, 2.05) is 19.0 Å². The van der Waals surface area contributed by atoms with Gasteiger partial charge in [0.2, 0.25) is 0 Å². The van der Waals surface area contributed by atoms with Crippen molar-refractivity contribution >= 4 is 6.03 Å². The third-order valence-electron chi connectivity index (χ3n) is 4.93. The summed E-state index contributed by atoms with van der Waals surface area (Å²) in [5.41, 5.74) is 0.154. The van der Waals surface area contributed by atoms with Crippen molar-refractivity contribution < 1.29 is 4.79 Å². The second-order valence-corrected chi connectivity index (χ2v) is 7.22. The third-order valence-corrected chi connectivity index (χ3v) is 4.93. The Balaban J connectivity index is 2.01. The largest absolute Gasteiger partial charge is 0.322 e. The Morgan fingerprint density at radius 2 is 1.74 bits per heavy atom. The van der Waals surface area contributed by atoms with Crippen LogP contribution in [0.15, 0.2) is 0 Å². The minimum Gasteiger partial charge on any atom is -0.322 e. The summed E-state index contributed by atoms with van der Waals surface area (Å²) in [6.07, 6.45) is 4.66. The first kappa shape index (κ1) is 14.6. The minimum absolute atomic E-state index is 0.154. The zero-order valence-corrected chi connectivity index (χ0v) is 13.1. The summed E-state index contributed by atoms with van der Waals surface area (Å²) in [6, 6.07) is 1.66. The summed E-state index contributed by atoms with van der Waals surface area (Å²) < 4.78 is 0. The lowest BCUT2D eigenvalue weighted by atomic mass is 9.86. The highest BCUT2D eigenvalue weighted by Gasteiger charge is 2.43. The van der Waals surface area contributed by atoms with Gasteiger partial charge in [-0.15, -0.1) is 0 Å². The predicted octanol–water partition coefficient (Wildman–Crippen LogP) is 2.30. The summed E-state index contributed by atoms with van der Waals surface area (Å²) in [5, 5.41) is 3.35. The van der Waals surface area contributed by atoms with Gasteiger partial charge in [-0.05, 0) is 38.1 Å². The maximum Gasteiger partial charge on any atom is 0.320 e. The fraction of sp³-hybridized carbons (Fsp3) is 0.933. The molecule has 4 nitrogen and oxygen atoms in total. The molecule has 0 aromatic carbocycles. The topological polar surface area (TPSA) is 35.6 Å². The number of carbonyl (C=O) groups is 1. The number of nitrogens with zero attached hydrogens (tertiary/aromatic N) is 2. The highest BCUT2D eigenvalue weighted by atomic mass is 16.2. The van der Waals surface area contributed by atoms with Crippen LogP contribution in [-0.4, -0.2) is 54.6 Å². The summed E-state index contributed by atoms with van der Waals surface area (Å²) >= 11 is 0. The van der Waals surface area contributed by atoms with E-state index in [4.69, 9.17) is 0 Å². The van der Waals surface area contributed by atoms with E-state index in [9.17, 15) is 4.79 Å². The average Bonchev–Trinajstić information content (AvgIpc) is 2.66. The molecule has 4 heteroatoms. The molecule has 1 unspecified atom stereocenters. The Kier molecular flexibility index (Phi) is 4.09. The molecular weight excluding hydrogens is 238 g/mol. The number of hydrogen-bond acceptors (Lipinski definition) is 2. The zero-order valence-electron chi connectivity index (χ0n) is 13.1. The van der Waals surface area contributed by atoms with Crippen molar-refractivity contribution in [3.63, 3.8) is 0 Å². The van der Waals surface area contributed by atoms with Crippen LogP contribution in [0.1, 0.15) is 46.5 Å². The number of urea groups is 1. The second kappa shape index (κ2) is 5.31. The first-order valence-corrected chi connectivity index (χ1v) is 7.55. The van der Waals surface area contributed by atoms with Gasteiger partial charge in [-0.3, -0.25) is 0 Å². The zero-order chi connectivity index (χ0) is 14.2. The SMILES string of the molecule is CNC1CCC(N2CC(C(C)(C)C)N(C)C2=O)CC1. The van der Waals surface area contributed by atoms with Gasteiger partial charge in [0, 0.05) is 25.7 Å². The Labute approximate surface area is 117 Å². The van der Waals surface area contributed by atoms with E-state index in [-0.39, 0.29) is 11.4 Å². The molecule has 0 aromatic heterocycles. The van der Waals surface area contributed by atoms with Gasteiger partial charge in [-0.2, -0.15) is 0 Å². The third kappa shape index (κ3) is 2.88. The van der Waals surface area contributed by atoms with Crippen molar-refractivity contribution in [1.82, 2.24) is 15.1 Å². The van der Waals surface area contributed by atoms with E-state index in [1.54, 1.807) is 0 Å². The molecule has 110 valence electrons. The van der Waals surface area contributed by atoms with Gasteiger partial charge in [0.15, 0.2) is 0 Å². The van der Waals surface area contributed by atoms with Crippen LogP contribution >= 0.6 is 0 Å². The quantitative estimate of drug-likeness (QED) is 0.833. The van der Waals surface area contributed by atoms with Gasteiger partial charge in [0.05, 0.1) is 6.04 Å². The first-order valence-electron chi connectivity index (χ1n) is 7.55. The Bertz CT molecular complexity index is 329. The van der Waals surface area contributed by atoms with Crippen molar-refractivity contribution in [2.45, 2.75) is 64.6 Å². The van der Waals surface area contributed by atoms with Crippen LogP contribution in [0.25, 0.3) is 0 Å². The van der Waals surface area contributed by atoms with E-state index in [0.29, 0.717) is 18.1 Å². The molecular formula is C15H29N3O. The van der Waals surface area contributed by atoms with Gasteiger partial charge >= 0.3 is 6.03 Å². The molecule has 1 saturated heterocycles. The lowest BCUT2D eigenvalue weighted by molar-refractivity contribution is 0.160. The number of amides is 2. The molecule has 1 aliphatic carbocycles. The van der Waals surface area contributed by atoms with Crippen LogP contribution in [-0.2, 0) is 0 Å². The number of nitrogens with one attached hydrogen (secondary N) is 1. The summed E-state index contributed by atoms with van der Waals surface area (Å²) in [7, 11) is 3.99. The Morgan fingerprint density at radius 3 is 2.16 bits per heavy atom. The molecule has 2 rings (SSSR count). The summed E-state index contributed by atoms with van der Waals surface area (Å²) in [6.45, 7) is 7.57. The number of carbonyl (C=O) groups excluding carboxylic acids is 1. The molecule has 19 heavy (non-hydrogen) atoms. The highest BCUT2D eigenvalue weighted by molar-refractivity contribution is 5.77. The first-order chi connectivity index (χ1) is 8.84. The fourth-order valence-electron chi connectivity index (χ4n) is 3.56. The monoisotopic (exact) mass is 267 g/mol. The summed E-state index contributed by atoms with van der Waals surface area (Å²) in [5.74, 6) is 0. The van der Waals surface area contributed by atoms with Gasteiger partial charge in [0.1, 0.15) is 0 Å². The molecule has 1 N–H and O–H groups in total. The minimum atomic E-state index is 0.154. The molecule has 1 heterocycles. The lowest BCUT2D eigenvalue weighted by Crippen LogP contribution is -2.43. The summed E-state index contributed by atoms with van der Waals surface area (Å²) in [4.78, 5) is 16.5. The van der Waals surface area contributed by atoms with Crippen LogP contribution in [0.2, 0.25) is 0 Å². The van der Waals surface area contributed by atoms with Crippen molar-refractivity contribution in [2.24, 2.45) is 5.41 Å². The van der Waals surface area contributed by atoms with Crippen molar-refractivity contribution in [1.29, 1.82) is 0 Å². The van der Waals surface area contributed by atoms with E-state index < -0.39 is 0 Å². The van der Waals surface area contributed by atoms with Gasteiger partial charge in [-0.1, -0.05) is 20.8 Å². The van der Waals surface area contributed by atoms with Crippen molar-refractivity contribution in [3.8, 4) is 0 Å². The lowest BCUT2D eigenvalue weighted by Gasteiger charge is -2.34. The van der Waals surface area contributed by atoms with E-state index >= 15 is 0 Å². The molecule has 1 aliphatic heterocycles. The van der Waals surface area contributed by atoms with E-state index in [1.165, 1.54) is 12.8 Å². The molecule has 0 radical (unpaired) electrons. The molecule has 0 spiro atoms. The molecule has 2 amide bonds. The van der Waals surface area contributed by atoms with Crippen LogP contribution in [0.4, 0.5) is 4.79 Å². The second-order valence-electron chi connectivity index (χ2n) is 7.22. The van der Waals surface area contributed by atoms with Crippen LogP contribution in [0.3, 0.4) is 0 Å². The predicted molar refractivity (Wildman–Crippen MR) is 78.2 cm³/mol. The normalized spacial score (nSPS) is 33.1. The van der Waals surface area contributed by atoms with Gasteiger partial charge in [0.25, 0.3) is 0 Å². The smallest absolute Gasteiger partial charge is 0.320 e. The fourth-order valence-corrected chi connectivity index (χ4v) is 3.56.